The van der Waals surface area contributed by atoms with Crippen LogP contribution in [0.5, 0.6) is 0 Å². The number of amides is 1. The summed E-state index contributed by atoms with van der Waals surface area (Å²) in [4.78, 5) is 11.9. The van der Waals surface area contributed by atoms with Gasteiger partial charge in [-0.3, -0.25) is 4.79 Å². The van der Waals surface area contributed by atoms with Gasteiger partial charge < -0.3 is 5.32 Å². The molecule has 2 nitrogen and oxygen atoms in total. The highest BCUT2D eigenvalue weighted by Gasteiger charge is 2.09. The molecule has 0 heterocycles. The topological polar surface area (TPSA) is 29.1 Å². The molecule has 0 fully saturated rings. The quantitative estimate of drug-likeness (QED) is 0.884. The van der Waals surface area contributed by atoms with Gasteiger partial charge in [-0.25, -0.2) is 4.39 Å². The molecule has 3 heteroatoms. The van der Waals surface area contributed by atoms with Crippen LogP contribution in [0.15, 0.2) is 54.6 Å². The lowest BCUT2D eigenvalue weighted by molar-refractivity contribution is -0.121. The van der Waals surface area contributed by atoms with Crippen LogP contribution >= 0.6 is 0 Å². The van der Waals surface area contributed by atoms with Gasteiger partial charge in [0.25, 0.3) is 0 Å². The average molecular weight is 271 g/mol. The van der Waals surface area contributed by atoms with Gasteiger partial charge in [-0.2, -0.15) is 0 Å². The second-order valence-electron chi connectivity index (χ2n) is 4.83. The normalized spacial score (nSPS) is 11.9. The van der Waals surface area contributed by atoms with Crippen LogP contribution in [0.3, 0.4) is 0 Å². The van der Waals surface area contributed by atoms with Crippen LogP contribution in [0.2, 0.25) is 0 Å². The maximum Gasteiger partial charge on any atom is 0.220 e. The minimum Gasteiger partial charge on any atom is -0.350 e. The molecule has 0 bridgehead atoms. The van der Waals surface area contributed by atoms with Gasteiger partial charge in [0.15, 0.2) is 0 Å². The Morgan fingerprint density at radius 2 is 1.75 bits per heavy atom. The zero-order valence-electron chi connectivity index (χ0n) is 11.5. The molecule has 0 spiro atoms. The van der Waals surface area contributed by atoms with E-state index in [0.717, 1.165) is 17.5 Å². The van der Waals surface area contributed by atoms with Crippen LogP contribution in [-0.2, 0) is 11.2 Å². The zero-order valence-corrected chi connectivity index (χ0v) is 11.5. The average Bonchev–Trinajstić information content (AvgIpc) is 2.47. The maximum atomic E-state index is 12.8. The number of nitrogens with one attached hydrogen (secondary N) is 1. The molecule has 0 aliphatic heterocycles. The van der Waals surface area contributed by atoms with Crippen molar-refractivity contribution < 1.29 is 9.18 Å². The molecule has 1 atom stereocenters. The Balaban J connectivity index is 1.83. The van der Waals surface area contributed by atoms with Gasteiger partial charge >= 0.3 is 0 Å². The summed E-state index contributed by atoms with van der Waals surface area (Å²) in [5.41, 5.74) is 2.05. The predicted molar refractivity (Wildman–Crippen MR) is 77.7 cm³/mol. The molecule has 0 radical (unpaired) electrons. The second kappa shape index (κ2) is 6.85. The Bertz CT molecular complexity index is 551. The third-order valence-corrected chi connectivity index (χ3v) is 3.23. The first-order valence-corrected chi connectivity index (χ1v) is 6.74. The Labute approximate surface area is 118 Å². The van der Waals surface area contributed by atoms with Gasteiger partial charge in [-0.1, -0.05) is 42.5 Å². The minimum absolute atomic E-state index is 0.00526. The second-order valence-corrected chi connectivity index (χ2v) is 4.83. The third-order valence-electron chi connectivity index (χ3n) is 3.23. The summed E-state index contributed by atoms with van der Waals surface area (Å²) in [6, 6.07) is 16.0. The summed E-state index contributed by atoms with van der Waals surface area (Å²) >= 11 is 0. The van der Waals surface area contributed by atoms with Crippen LogP contribution < -0.4 is 5.32 Å². The lowest BCUT2D eigenvalue weighted by Crippen LogP contribution is -2.26. The predicted octanol–water partition coefficient (Wildman–Crippen LogP) is 3.64. The summed E-state index contributed by atoms with van der Waals surface area (Å²) in [7, 11) is 0. The third kappa shape index (κ3) is 4.19. The smallest absolute Gasteiger partial charge is 0.220 e. The van der Waals surface area contributed by atoms with E-state index in [2.05, 4.69) is 5.32 Å². The molecule has 2 rings (SSSR count). The van der Waals surface area contributed by atoms with Gasteiger partial charge in [-0.15, -0.1) is 0 Å². The summed E-state index contributed by atoms with van der Waals surface area (Å²) < 4.78 is 12.8. The van der Waals surface area contributed by atoms with Gasteiger partial charge in [0, 0.05) is 6.42 Å². The number of aryl methyl sites for hydroxylation is 1. The summed E-state index contributed by atoms with van der Waals surface area (Å²) in [5.74, 6) is -0.262. The van der Waals surface area contributed by atoms with E-state index >= 15 is 0 Å². The van der Waals surface area contributed by atoms with Crippen molar-refractivity contribution >= 4 is 5.91 Å². The summed E-state index contributed by atoms with van der Waals surface area (Å²) in [6.07, 6.45) is 1.18. The Kier molecular flexibility index (Phi) is 4.88. The molecular weight excluding hydrogens is 253 g/mol. The highest BCUT2D eigenvalue weighted by Crippen LogP contribution is 2.13. The highest BCUT2D eigenvalue weighted by atomic mass is 19.1. The van der Waals surface area contributed by atoms with Crippen LogP contribution in [0.4, 0.5) is 4.39 Å². The number of benzene rings is 2. The molecule has 0 aliphatic carbocycles. The number of hydrogen-bond donors (Lipinski definition) is 1. The van der Waals surface area contributed by atoms with Crippen LogP contribution in [-0.4, -0.2) is 5.91 Å². The molecule has 2 aromatic carbocycles. The first kappa shape index (κ1) is 14.3. The van der Waals surface area contributed by atoms with Crippen molar-refractivity contribution in [2.24, 2.45) is 0 Å². The first-order valence-electron chi connectivity index (χ1n) is 6.74. The fourth-order valence-corrected chi connectivity index (χ4v) is 2.05. The molecule has 0 aromatic heterocycles. The number of carbonyl (C=O) groups excluding carboxylic acids is 1. The van der Waals surface area contributed by atoms with E-state index in [1.54, 1.807) is 12.1 Å². The zero-order chi connectivity index (χ0) is 14.4. The van der Waals surface area contributed by atoms with Crippen molar-refractivity contribution in [1.82, 2.24) is 5.32 Å². The highest BCUT2D eigenvalue weighted by molar-refractivity contribution is 5.76. The van der Waals surface area contributed by atoms with Gasteiger partial charge in [0.1, 0.15) is 5.82 Å². The lowest BCUT2D eigenvalue weighted by atomic mass is 10.1. The van der Waals surface area contributed by atoms with Crippen molar-refractivity contribution in [2.45, 2.75) is 25.8 Å². The van der Waals surface area contributed by atoms with E-state index in [4.69, 9.17) is 0 Å². The monoisotopic (exact) mass is 271 g/mol. The SMILES string of the molecule is C[C@@H](NC(=O)CCc1ccccc1)c1ccc(F)cc1. The molecule has 104 valence electrons. The summed E-state index contributed by atoms with van der Waals surface area (Å²) in [6.45, 7) is 1.90. The number of hydrogen-bond acceptors (Lipinski definition) is 1. The van der Waals surface area contributed by atoms with Gasteiger partial charge in [0.2, 0.25) is 5.91 Å². The van der Waals surface area contributed by atoms with E-state index in [1.165, 1.54) is 12.1 Å². The molecule has 0 aliphatic rings. The Morgan fingerprint density at radius 3 is 2.40 bits per heavy atom. The standard InChI is InChI=1S/C17H18FNO/c1-13(15-8-10-16(18)11-9-15)19-17(20)12-7-14-5-3-2-4-6-14/h2-6,8-11,13H,7,12H2,1H3,(H,19,20)/t13-/m1/s1. The molecule has 1 amide bonds. The Morgan fingerprint density at radius 1 is 1.10 bits per heavy atom. The summed E-state index contributed by atoms with van der Waals surface area (Å²) in [5, 5.41) is 2.92. The fraction of sp³-hybridized carbons (Fsp3) is 0.235. The molecule has 2 aromatic rings. The van der Waals surface area contributed by atoms with Crippen molar-refractivity contribution in [3.8, 4) is 0 Å². The van der Waals surface area contributed by atoms with Crippen LogP contribution in [0.25, 0.3) is 0 Å². The lowest BCUT2D eigenvalue weighted by Gasteiger charge is -2.14. The van der Waals surface area contributed by atoms with Crippen molar-refractivity contribution in [3.63, 3.8) is 0 Å². The molecule has 1 N–H and O–H groups in total. The molecular formula is C17H18FNO. The van der Waals surface area contributed by atoms with Crippen LogP contribution in [0, 0.1) is 5.82 Å². The largest absolute Gasteiger partial charge is 0.350 e. The van der Waals surface area contributed by atoms with Crippen LogP contribution in [0.1, 0.15) is 30.5 Å². The van der Waals surface area contributed by atoms with E-state index in [-0.39, 0.29) is 17.8 Å². The van der Waals surface area contributed by atoms with Gasteiger partial charge in [0.05, 0.1) is 6.04 Å². The first-order chi connectivity index (χ1) is 9.65. The Hall–Kier alpha value is -2.16. The fourth-order valence-electron chi connectivity index (χ4n) is 2.05. The maximum absolute atomic E-state index is 12.8. The minimum atomic E-state index is -0.267. The van der Waals surface area contributed by atoms with E-state index in [1.807, 2.05) is 37.3 Å². The van der Waals surface area contributed by atoms with E-state index in [0.29, 0.717) is 6.42 Å². The number of halogens is 1. The van der Waals surface area contributed by atoms with Crippen molar-refractivity contribution in [3.05, 3.63) is 71.5 Å². The number of carbonyl (C=O) groups is 1. The molecule has 0 unspecified atom stereocenters. The van der Waals surface area contributed by atoms with Crippen molar-refractivity contribution in [1.29, 1.82) is 0 Å². The van der Waals surface area contributed by atoms with E-state index < -0.39 is 0 Å². The molecule has 0 saturated heterocycles. The van der Waals surface area contributed by atoms with Crippen molar-refractivity contribution in [2.75, 3.05) is 0 Å². The molecule has 0 saturated carbocycles. The number of rotatable bonds is 5. The van der Waals surface area contributed by atoms with Gasteiger partial charge in [-0.05, 0) is 36.6 Å². The van der Waals surface area contributed by atoms with E-state index in [9.17, 15) is 9.18 Å². The molecule has 20 heavy (non-hydrogen) atoms.